The van der Waals surface area contributed by atoms with Crippen molar-refractivity contribution in [1.82, 2.24) is 0 Å². The third-order valence-electron chi connectivity index (χ3n) is 2.09. The summed E-state index contributed by atoms with van der Waals surface area (Å²) >= 11 is 3.49. The first-order valence-corrected chi connectivity index (χ1v) is 5.73. The summed E-state index contributed by atoms with van der Waals surface area (Å²) in [5.74, 6) is 1.39. The number of ether oxygens (including phenoxy) is 2. The zero-order valence-corrected chi connectivity index (χ0v) is 11.2. The van der Waals surface area contributed by atoms with Crippen molar-refractivity contribution < 1.29 is 9.47 Å². The lowest BCUT2D eigenvalue weighted by molar-refractivity contribution is 0.353. The monoisotopic (exact) mass is 285 g/mol. The Balaban J connectivity index is 3.14. The molecular weight excluding hydrogens is 270 g/mol. The number of benzene rings is 1. The van der Waals surface area contributed by atoms with Crippen LogP contribution in [0.25, 0.3) is 6.08 Å². The van der Waals surface area contributed by atoms with Gasteiger partial charge >= 0.3 is 0 Å². The first kappa shape index (κ1) is 13.1. The van der Waals surface area contributed by atoms with Gasteiger partial charge in [0.1, 0.15) is 0 Å². The minimum Gasteiger partial charge on any atom is -0.493 e. The maximum atomic E-state index is 5.66. The van der Waals surface area contributed by atoms with Crippen LogP contribution in [-0.2, 0) is 0 Å². The van der Waals surface area contributed by atoms with Crippen LogP contribution in [0, 0.1) is 0 Å². The molecule has 4 heteroatoms. The van der Waals surface area contributed by atoms with E-state index in [4.69, 9.17) is 15.2 Å². The topological polar surface area (TPSA) is 44.5 Å². The Morgan fingerprint density at radius 2 is 2.00 bits per heavy atom. The van der Waals surface area contributed by atoms with Crippen molar-refractivity contribution in [3.05, 3.63) is 28.2 Å². The first-order valence-electron chi connectivity index (χ1n) is 4.94. The number of methoxy groups -OCH3 is 2. The van der Waals surface area contributed by atoms with Gasteiger partial charge in [-0.1, -0.05) is 12.2 Å². The summed E-state index contributed by atoms with van der Waals surface area (Å²) in [5.41, 5.74) is 6.67. The van der Waals surface area contributed by atoms with E-state index in [2.05, 4.69) is 15.9 Å². The third kappa shape index (κ3) is 3.00. The van der Waals surface area contributed by atoms with Crippen molar-refractivity contribution >= 4 is 22.0 Å². The van der Waals surface area contributed by atoms with Gasteiger partial charge in [0.25, 0.3) is 0 Å². The molecule has 0 saturated heterocycles. The fourth-order valence-corrected chi connectivity index (χ4v) is 1.91. The Kier molecular flexibility index (Phi) is 4.83. The number of halogens is 1. The van der Waals surface area contributed by atoms with Crippen LogP contribution in [0.2, 0.25) is 0 Å². The lowest BCUT2D eigenvalue weighted by atomic mass is 10.1. The van der Waals surface area contributed by atoms with Crippen LogP contribution in [0.15, 0.2) is 22.7 Å². The van der Waals surface area contributed by atoms with Gasteiger partial charge in [-0.25, -0.2) is 0 Å². The van der Waals surface area contributed by atoms with Gasteiger partial charge in [0, 0.05) is 6.04 Å². The molecule has 0 bridgehead atoms. The van der Waals surface area contributed by atoms with Crippen molar-refractivity contribution in [3.63, 3.8) is 0 Å². The average molecular weight is 286 g/mol. The number of hydrogen-bond donors (Lipinski definition) is 1. The highest BCUT2D eigenvalue weighted by Gasteiger charge is 2.10. The van der Waals surface area contributed by atoms with E-state index in [1.807, 2.05) is 31.2 Å². The van der Waals surface area contributed by atoms with E-state index < -0.39 is 0 Å². The van der Waals surface area contributed by atoms with Crippen molar-refractivity contribution in [2.75, 3.05) is 14.2 Å². The van der Waals surface area contributed by atoms with Gasteiger partial charge in [-0.3, -0.25) is 0 Å². The summed E-state index contributed by atoms with van der Waals surface area (Å²) in [5, 5.41) is 0. The lowest BCUT2D eigenvalue weighted by Gasteiger charge is -2.11. The molecule has 0 amide bonds. The summed E-state index contributed by atoms with van der Waals surface area (Å²) in [6, 6.07) is 3.84. The van der Waals surface area contributed by atoms with Gasteiger partial charge < -0.3 is 15.2 Å². The zero-order chi connectivity index (χ0) is 12.1. The predicted octanol–water partition coefficient (Wildman–Crippen LogP) is 2.83. The van der Waals surface area contributed by atoms with E-state index in [0.29, 0.717) is 11.5 Å². The summed E-state index contributed by atoms with van der Waals surface area (Å²) in [6.45, 7) is 1.92. The maximum Gasteiger partial charge on any atom is 0.175 e. The summed E-state index contributed by atoms with van der Waals surface area (Å²) in [6.07, 6.45) is 3.88. The molecule has 0 spiro atoms. The molecule has 1 atom stereocenters. The summed E-state index contributed by atoms with van der Waals surface area (Å²) in [4.78, 5) is 0. The van der Waals surface area contributed by atoms with Gasteiger partial charge in [0.2, 0.25) is 0 Å². The molecule has 0 aliphatic carbocycles. The second kappa shape index (κ2) is 5.92. The van der Waals surface area contributed by atoms with E-state index in [0.717, 1.165) is 10.0 Å². The molecule has 0 aliphatic rings. The molecule has 3 nitrogen and oxygen atoms in total. The Labute approximate surface area is 104 Å². The highest BCUT2D eigenvalue weighted by atomic mass is 79.9. The normalized spacial score (nSPS) is 12.8. The zero-order valence-electron chi connectivity index (χ0n) is 9.66. The van der Waals surface area contributed by atoms with Crippen molar-refractivity contribution in [2.24, 2.45) is 5.73 Å². The quantitative estimate of drug-likeness (QED) is 0.925. The van der Waals surface area contributed by atoms with E-state index in [9.17, 15) is 0 Å². The Hall–Kier alpha value is -1.00. The van der Waals surface area contributed by atoms with Crippen LogP contribution in [0.3, 0.4) is 0 Å². The van der Waals surface area contributed by atoms with E-state index >= 15 is 0 Å². The summed E-state index contributed by atoms with van der Waals surface area (Å²) < 4.78 is 11.3. The van der Waals surface area contributed by atoms with Gasteiger partial charge in [0.05, 0.1) is 18.7 Å². The van der Waals surface area contributed by atoms with Crippen molar-refractivity contribution in [3.8, 4) is 11.5 Å². The lowest BCUT2D eigenvalue weighted by Crippen LogP contribution is -2.09. The van der Waals surface area contributed by atoms with Gasteiger partial charge in [-0.2, -0.15) is 0 Å². The first-order chi connectivity index (χ1) is 7.60. The molecule has 0 saturated carbocycles. The molecule has 1 unspecified atom stereocenters. The highest BCUT2D eigenvalue weighted by Crippen LogP contribution is 2.37. The molecule has 88 valence electrons. The maximum absolute atomic E-state index is 5.66. The van der Waals surface area contributed by atoms with E-state index in [1.54, 1.807) is 14.2 Å². The number of hydrogen-bond acceptors (Lipinski definition) is 3. The fourth-order valence-electron chi connectivity index (χ4n) is 1.29. The molecule has 0 heterocycles. The van der Waals surface area contributed by atoms with Crippen molar-refractivity contribution in [2.45, 2.75) is 13.0 Å². The Bertz CT molecular complexity index is 389. The highest BCUT2D eigenvalue weighted by molar-refractivity contribution is 9.10. The van der Waals surface area contributed by atoms with Gasteiger partial charge in [-0.15, -0.1) is 0 Å². The Morgan fingerprint density at radius 3 is 2.50 bits per heavy atom. The molecule has 0 radical (unpaired) electrons. The number of rotatable bonds is 4. The molecule has 0 aliphatic heterocycles. The molecule has 1 aromatic carbocycles. The second-order valence-corrected chi connectivity index (χ2v) is 4.22. The third-order valence-corrected chi connectivity index (χ3v) is 2.91. The smallest absolute Gasteiger partial charge is 0.175 e. The molecule has 1 rings (SSSR count). The molecule has 1 aromatic rings. The summed E-state index contributed by atoms with van der Waals surface area (Å²) in [7, 11) is 3.23. The van der Waals surface area contributed by atoms with Crippen LogP contribution in [0.4, 0.5) is 0 Å². The van der Waals surface area contributed by atoms with Gasteiger partial charge in [-0.05, 0) is 40.5 Å². The van der Waals surface area contributed by atoms with Crippen LogP contribution < -0.4 is 15.2 Å². The standard InChI is InChI=1S/C12H16BrNO2/c1-8(14)4-5-9-6-7-10(15-2)12(16-3)11(9)13/h4-8H,14H2,1-3H3/b5-4+. The second-order valence-electron chi connectivity index (χ2n) is 3.42. The Morgan fingerprint density at radius 1 is 1.31 bits per heavy atom. The minimum atomic E-state index is 0.0278. The molecule has 0 fully saturated rings. The molecule has 2 N–H and O–H groups in total. The average Bonchev–Trinajstić information content (AvgIpc) is 2.26. The van der Waals surface area contributed by atoms with Crippen LogP contribution >= 0.6 is 15.9 Å². The van der Waals surface area contributed by atoms with Crippen molar-refractivity contribution in [1.29, 1.82) is 0 Å². The number of nitrogens with two attached hydrogens (primary N) is 1. The van der Waals surface area contributed by atoms with Crippen LogP contribution in [0.5, 0.6) is 11.5 Å². The van der Waals surface area contributed by atoms with Crippen LogP contribution in [0.1, 0.15) is 12.5 Å². The van der Waals surface area contributed by atoms with Crippen LogP contribution in [-0.4, -0.2) is 20.3 Å². The predicted molar refractivity (Wildman–Crippen MR) is 69.9 cm³/mol. The molecule has 0 aromatic heterocycles. The minimum absolute atomic E-state index is 0.0278. The van der Waals surface area contributed by atoms with E-state index in [-0.39, 0.29) is 6.04 Å². The SMILES string of the molecule is COc1ccc(/C=C/C(C)N)c(Br)c1OC. The molecular formula is C12H16BrNO2. The molecule has 16 heavy (non-hydrogen) atoms. The van der Waals surface area contributed by atoms with Gasteiger partial charge in [0.15, 0.2) is 11.5 Å². The van der Waals surface area contributed by atoms with E-state index in [1.165, 1.54) is 0 Å². The fraction of sp³-hybridized carbons (Fsp3) is 0.333. The largest absolute Gasteiger partial charge is 0.493 e.